The predicted octanol–water partition coefficient (Wildman–Crippen LogP) is 0.368. The van der Waals surface area contributed by atoms with Crippen molar-refractivity contribution in [3.8, 4) is 0 Å². The van der Waals surface area contributed by atoms with Gasteiger partial charge in [0, 0.05) is 18.8 Å². The second kappa shape index (κ2) is 4.11. The minimum absolute atomic E-state index is 0.0941. The van der Waals surface area contributed by atoms with Gasteiger partial charge in [-0.2, -0.15) is 4.80 Å². The van der Waals surface area contributed by atoms with Gasteiger partial charge in [-0.3, -0.25) is 4.79 Å². The van der Waals surface area contributed by atoms with Crippen LogP contribution >= 0.6 is 0 Å². The van der Waals surface area contributed by atoms with Crippen molar-refractivity contribution in [2.45, 2.75) is 26.7 Å². The summed E-state index contributed by atoms with van der Waals surface area (Å²) in [5.74, 6) is 0.973. The van der Waals surface area contributed by atoms with E-state index in [2.05, 4.69) is 15.4 Å². The first-order chi connectivity index (χ1) is 6.09. The minimum Gasteiger partial charge on any atom is -0.299 e. The maximum Gasteiger partial charge on any atom is 0.175 e. The highest BCUT2D eigenvalue weighted by Crippen LogP contribution is 2.01. The maximum absolute atomic E-state index is 11.2. The molecular formula is C8H14N4O. The van der Waals surface area contributed by atoms with Crippen LogP contribution in [0.4, 0.5) is 0 Å². The number of Topliss-reactive ketones (excluding diaryl/α,β-unsaturated/α-hetero) is 1. The van der Waals surface area contributed by atoms with Crippen LogP contribution in [0.1, 0.15) is 26.1 Å². The van der Waals surface area contributed by atoms with Gasteiger partial charge in [-0.15, -0.1) is 10.2 Å². The molecule has 1 heterocycles. The van der Waals surface area contributed by atoms with E-state index >= 15 is 0 Å². The van der Waals surface area contributed by atoms with Gasteiger partial charge in [0.2, 0.25) is 0 Å². The van der Waals surface area contributed by atoms with Gasteiger partial charge in [0.1, 0.15) is 5.78 Å². The third-order valence-corrected chi connectivity index (χ3v) is 1.79. The molecule has 5 nitrogen and oxygen atoms in total. The summed E-state index contributed by atoms with van der Waals surface area (Å²) in [6.45, 7) is 3.79. The summed E-state index contributed by atoms with van der Waals surface area (Å²) in [5, 5.41) is 11.5. The number of ketones is 1. The number of aromatic nitrogens is 4. The van der Waals surface area contributed by atoms with Crippen molar-refractivity contribution in [3.05, 3.63) is 5.82 Å². The molecule has 0 aliphatic heterocycles. The average Bonchev–Trinajstić information content (AvgIpc) is 2.47. The lowest BCUT2D eigenvalue weighted by molar-refractivity contribution is -0.121. The molecule has 0 radical (unpaired) electrons. The molecule has 1 aromatic rings. The SMILES string of the molecule is CC(C)C(=O)CCc1nnn(C)n1. The van der Waals surface area contributed by atoms with Gasteiger partial charge in [0.15, 0.2) is 5.82 Å². The van der Waals surface area contributed by atoms with E-state index in [1.54, 1.807) is 7.05 Å². The van der Waals surface area contributed by atoms with Crippen molar-refractivity contribution < 1.29 is 4.79 Å². The lowest BCUT2D eigenvalue weighted by atomic mass is 10.0. The monoisotopic (exact) mass is 182 g/mol. The lowest BCUT2D eigenvalue weighted by Gasteiger charge is -2.00. The smallest absolute Gasteiger partial charge is 0.175 e. The molecule has 0 saturated carbocycles. The van der Waals surface area contributed by atoms with Crippen LogP contribution in [-0.4, -0.2) is 26.0 Å². The molecular weight excluding hydrogens is 168 g/mol. The Morgan fingerprint density at radius 3 is 2.69 bits per heavy atom. The maximum atomic E-state index is 11.2. The van der Waals surface area contributed by atoms with Crippen LogP contribution in [0, 0.1) is 5.92 Å². The summed E-state index contributed by atoms with van der Waals surface area (Å²) < 4.78 is 0. The number of aryl methyl sites for hydroxylation is 2. The summed E-state index contributed by atoms with van der Waals surface area (Å²) in [6, 6.07) is 0. The van der Waals surface area contributed by atoms with Crippen LogP contribution in [0.3, 0.4) is 0 Å². The molecule has 0 aliphatic carbocycles. The highest BCUT2D eigenvalue weighted by Gasteiger charge is 2.09. The Kier molecular flexibility index (Phi) is 3.11. The summed E-state index contributed by atoms with van der Waals surface area (Å²) in [4.78, 5) is 12.6. The molecule has 1 rings (SSSR count). The van der Waals surface area contributed by atoms with Crippen molar-refractivity contribution >= 4 is 5.78 Å². The molecule has 0 saturated heterocycles. The fourth-order valence-corrected chi connectivity index (χ4v) is 0.947. The van der Waals surface area contributed by atoms with E-state index in [0.29, 0.717) is 18.7 Å². The number of carbonyl (C=O) groups is 1. The van der Waals surface area contributed by atoms with E-state index in [1.807, 2.05) is 13.8 Å². The van der Waals surface area contributed by atoms with Crippen molar-refractivity contribution in [2.75, 3.05) is 0 Å². The quantitative estimate of drug-likeness (QED) is 0.675. The molecule has 72 valence electrons. The summed E-state index contributed by atoms with van der Waals surface area (Å²) in [7, 11) is 1.71. The number of rotatable bonds is 4. The summed E-state index contributed by atoms with van der Waals surface area (Å²) in [6.07, 6.45) is 1.09. The Morgan fingerprint density at radius 1 is 1.54 bits per heavy atom. The largest absolute Gasteiger partial charge is 0.299 e. The Labute approximate surface area is 77.1 Å². The first-order valence-electron chi connectivity index (χ1n) is 4.35. The zero-order valence-electron chi connectivity index (χ0n) is 8.19. The van der Waals surface area contributed by atoms with E-state index in [9.17, 15) is 4.79 Å². The number of carbonyl (C=O) groups excluding carboxylic acids is 1. The molecule has 0 N–H and O–H groups in total. The van der Waals surface area contributed by atoms with E-state index in [-0.39, 0.29) is 11.7 Å². The molecule has 0 fully saturated rings. The molecule has 0 aliphatic rings. The Balaban J connectivity index is 2.39. The highest BCUT2D eigenvalue weighted by molar-refractivity contribution is 5.80. The van der Waals surface area contributed by atoms with Crippen molar-refractivity contribution in [3.63, 3.8) is 0 Å². The van der Waals surface area contributed by atoms with Crippen molar-refractivity contribution in [2.24, 2.45) is 13.0 Å². The summed E-state index contributed by atoms with van der Waals surface area (Å²) >= 11 is 0. The van der Waals surface area contributed by atoms with Gasteiger partial charge in [0.05, 0.1) is 7.05 Å². The summed E-state index contributed by atoms with van der Waals surface area (Å²) in [5.41, 5.74) is 0. The molecule has 0 atom stereocenters. The number of hydrogen-bond acceptors (Lipinski definition) is 4. The van der Waals surface area contributed by atoms with Gasteiger partial charge in [-0.1, -0.05) is 13.8 Å². The zero-order chi connectivity index (χ0) is 9.84. The predicted molar refractivity (Wildman–Crippen MR) is 47.0 cm³/mol. The topological polar surface area (TPSA) is 60.7 Å². The Morgan fingerprint density at radius 2 is 2.23 bits per heavy atom. The normalized spacial score (nSPS) is 10.8. The molecule has 0 spiro atoms. The third-order valence-electron chi connectivity index (χ3n) is 1.79. The minimum atomic E-state index is 0.0941. The number of tetrazole rings is 1. The second-order valence-corrected chi connectivity index (χ2v) is 3.32. The average molecular weight is 182 g/mol. The zero-order valence-corrected chi connectivity index (χ0v) is 8.19. The number of nitrogens with zero attached hydrogens (tertiary/aromatic N) is 4. The van der Waals surface area contributed by atoms with E-state index in [4.69, 9.17) is 0 Å². The van der Waals surface area contributed by atoms with Crippen LogP contribution < -0.4 is 0 Å². The molecule has 1 aromatic heterocycles. The van der Waals surface area contributed by atoms with E-state index in [0.717, 1.165) is 0 Å². The molecule has 0 amide bonds. The van der Waals surface area contributed by atoms with Gasteiger partial charge in [-0.05, 0) is 5.21 Å². The highest BCUT2D eigenvalue weighted by atomic mass is 16.1. The molecule has 5 heteroatoms. The Hall–Kier alpha value is -1.26. The second-order valence-electron chi connectivity index (χ2n) is 3.32. The van der Waals surface area contributed by atoms with E-state index < -0.39 is 0 Å². The molecule has 0 bridgehead atoms. The first kappa shape index (κ1) is 9.83. The van der Waals surface area contributed by atoms with Crippen LogP contribution in [0.2, 0.25) is 0 Å². The van der Waals surface area contributed by atoms with Crippen LogP contribution in [0.25, 0.3) is 0 Å². The van der Waals surface area contributed by atoms with Crippen LogP contribution in [0.15, 0.2) is 0 Å². The standard InChI is InChI=1S/C8H14N4O/c1-6(2)7(13)4-5-8-9-11-12(3)10-8/h6H,4-5H2,1-3H3. The number of hydrogen-bond donors (Lipinski definition) is 0. The Bertz CT molecular complexity index is 292. The van der Waals surface area contributed by atoms with Crippen molar-refractivity contribution in [1.82, 2.24) is 20.2 Å². The van der Waals surface area contributed by atoms with Gasteiger partial charge >= 0.3 is 0 Å². The van der Waals surface area contributed by atoms with E-state index in [1.165, 1.54) is 4.80 Å². The van der Waals surface area contributed by atoms with Gasteiger partial charge in [-0.25, -0.2) is 0 Å². The van der Waals surface area contributed by atoms with Crippen LogP contribution in [0.5, 0.6) is 0 Å². The van der Waals surface area contributed by atoms with Gasteiger partial charge < -0.3 is 0 Å². The van der Waals surface area contributed by atoms with Crippen molar-refractivity contribution in [1.29, 1.82) is 0 Å². The van der Waals surface area contributed by atoms with Gasteiger partial charge in [0.25, 0.3) is 0 Å². The first-order valence-corrected chi connectivity index (χ1v) is 4.35. The molecule has 13 heavy (non-hydrogen) atoms. The fourth-order valence-electron chi connectivity index (χ4n) is 0.947. The van der Waals surface area contributed by atoms with Crippen LogP contribution in [-0.2, 0) is 18.3 Å². The fraction of sp³-hybridized carbons (Fsp3) is 0.750. The molecule has 0 aromatic carbocycles. The molecule has 0 unspecified atom stereocenters. The lowest BCUT2D eigenvalue weighted by Crippen LogP contribution is -2.08. The third kappa shape index (κ3) is 2.93.